The fourth-order valence-corrected chi connectivity index (χ4v) is 3.27. The largest absolute Gasteiger partial charge is 0.393 e. The highest BCUT2D eigenvalue weighted by atomic mass is 16.3. The number of nitrogens with one attached hydrogen (secondary N) is 1. The molecule has 1 aliphatic heterocycles. The van der Waals surface area contributed by atoms with Crippen LogP contribution in [0, 0.1) is 20.8 Å². The number of aliphatic hydroxyl groups is 1. The Morgan fingerprint density at radius 1 is 1.12 bits per heavy atom. The van der Waals surface area contributed by atoms with E-state index in [1.165, 1.54) is 22.3 Å². The Hall–Kier alpha value is -2.07. The molecule has 1 aromatic carbocycles. The van der Waals surface area contributed by atoms with Crippen LogP contribution in [0.15, 0.2) is 30.5 Å². The molecule has 2 aromatic rings. The molecule has 1 fully saturated rings. The summed E-state index contributed by atoms with van der Waals surface area (Å²) in [6.45, 7) is 8.99. The van der Waals surface area contributed by atoms with Crippen LogP contribution in [0.2, 0.25) is 0 Å². The van der Waals surface area contributed by atoms with Gasteiger partial charge in [0.1, 0.15) is 0 Å². The molecule has 2 heterocycles. The molecule has 0 spiro atoms. The van der Waals surface area contributed by atoms with Crippen LogP contribution in [0.3, 0.4) is 0 Å². The van der Waals surface area contributed by atoms with E-state index >= 15 is 0 Å². The molecular formula is C20H27N3O. The molecule has 4 heteroatoms. The van der Waals surface area contributed by atoms with Crippen molar-refractivity contribution in [3.63, 3.8) is 0 Å². The van der Waals surface area contributed by atoms with Gasteiger partial charge >= 0.3 is 0 Å². The second-order valence-corrected chi connectivity index (χ2v) is 6.81. The highest BCUT2D eigenvalue weighted by Gasteiger charge is 2.20. The Morgan fingerprint density at radius 3 is 2.58 bits per heavy atom. The molecule has 0 amide bonds. The summed E-state index contributed by atoms with van der Waals surface area (Å²) >= 11 is 0. The molecule has 0 saturated carbocycles. The summed E-state index contributed by atoms with van der Waals surface area (Å²) < 4.78 is 0. The number of piperidine rings is 1. The molecule has 0 atom stereocenters. The summed E-state index contributed by atoms with van der Waals surface area (Å²) in [5, 5.41) is 13.3. The van der Waals surface area contributed by atoms with Crippen molar-refractivity contribution >= 4 is 11.5 Å². The molecule has 24 heavy (non-hydrogen) atoms. The van der Waals surface area contributed by atoms with Crippen LogP contribution in [-0.4, -0.2) is 29.3 Å². The Bertz CT molecular complexity index is 706. The maximum atomic E-state index is 9.71. The van der Waals surface area contributed by atoms with Crippen molar-refractivity contribution < 1.29 is 5.11 Å². The van der Waals surface area contributed by atoms with Crippen LogP contribution in [-0.2, 0) is 6.54 Å². The van der Waals surface area contributed by atoms with Gasteiger partial charge in [0, 0.05) is 25.8 Å². The van der Waals surface area contributed by atoms with E-state index in [4.69, 9.17) is 0 Å². The second kappa shape index (κ2) is 7.22. The van der Waals surface area contributed by atoms with Crippen LogP contribution >= 0.6 is 0 Å². The predicted octanol–water partition coefficient (Wildman–Crippen LogP) is 3.58. The fraction of sp³-hybridized carbons (Fsp3) is 0.450. The average Bonchev–Trinajstić information content (AvgIpc) is 2.58. The Morgan fingerprint density at radius 2 is 1.83 bits per heavy atom. The normalized spacial score (nSPS) is 15.6. The molecule has 128 valence electrons. The van der Waals surface area contributed by atoms with Crippen molar-refractivity contribution in [3.8, 4) is 0 Å². The number of aryl methyl sites for hydroxylation is 3. The molecule has 1 aliphatic rings. The first-order valence-corrected chi connectivity index (χ1v) is 8.73. The van der Waals surface area contributed by atoms with E-state index in [1.54, 1.807) is 0 Å². The third kappa shape index (κ3) is 3.70. The molecule has 4 nitrogen and oxygen atoms in total. The zero-order valence-corrected chi connectivity index (χ0v) is 14.8. The maximum absolute atomic E-state index is 9.71. The molecule has 1 aromatic heterocycles. The van der Waals surface area contributed by atoms with Crippen LogP contribution in [0.4, 0.5) is 11.5 Å². The minimum absolute atomic E-state index is 0.167. The van der Waals surface area contributed by atoms with E-state index in [0.717, 1.165) is 44.0 Å². The van der Waals surface area contributed by atoms with Gasteiger partial charge in [-0.1, -0.05) is 12.1 Å². The van der Waals surface area contributed by atoms with Crippen molar-refractivity contribution in [1.29, 1.82) is 0 Å². The summed E-state index contributed by atoms with van der Waals surface area (Å²) in [4.78, 5) is 6.84. The third-order valence-corrected chi connectivity index (χ3v) is 4.97. The van der Waals surface area contributed by atoms with Gasteiger partial charge in [-0.25, -0.2) is 4.98 Å². The highest BCUT2D eigenvalue weighted by molar-refractivity contribution is 5.65. The maximum Gasteiger partial charge on any atom is 0.151 e. The molecule has 2 N–H and O–H groups in total. The van der Waals surface area contributed by atoms with E-state index in [2.05, 4.69) is 54.2 Å². The monoisotopic (exact) mass is 325 g/mol. The summed E-state index contributed by atoms with van der Waals surface area (Å²) in [6, 6.07) is 8.58. The number of pyridine rings is 1. The van der Waals surface area contributed by atoms with Gasteiger partial charge in [0.05, 0.1) is 11.8 Å². The van der Waals surface area contributed by atoms with Gasteiger partial charge in [0.2, 0.25) is 0 Å². The van der Waals surface area contributed by atoms with Crippen molar-refractivity contribution in [2.45, 2.75) is 46.3 Å². The summed E-state index contributed by atoms with van der Waals surface area (Å²) in [7, 11) is 0. The van der Waals surface area contributed by atoms with E-state index in [9.17, 15) is 5.11 Å². The minimum Gasteiger partial charge on any atom is -0.393 e. The summed E-state index contributed by atoms with van der Waals surface area (Å²) in [5.74, 6) is 0.992. The Balaban J connectivity index is 1.75. The van der Waals surface area contributed by atoms with Crippen molar-refractivity contribution in [3.05, 3.63) is 52.7 Å². The number of nitrogens with zero attached hydrogens (tertiary/aromatic N) is 2. The molecule has 0 bridgehead atoms. The highest BCUT2D eigenvalue weighted by Crippen LogP contribution is 2.27. The molecule has 1 saturated heterocycles. The number of aliphatic hydroxyl groups excluding tert-OH is 1. The van der Waals surface area contributed by atoms with Gasteiger partial charge in [-0.15, -0.1) is 0 Å². The SMILES string of the molecule is Cc1cc(C)c(CNc2cccnc2N2CCC(O)CC2)cc1C. The van der Waals surface area contributed by atoms with Crippen LogP contribution in [0.5, 0.6) is 0 Å². The van der Waals surface area contributed by atoms with Crippen LogP contribution < -0.4 is 10.2 Å². The lowest BCUT2D eigenvalue weighted by Gasteiger charge is -2.31. The lowest BCUT2D eigenvalue weighted by molar-refractivity contribution is 0.145. The Labute approximate surface area is 144 Å². The van der Waals surface area contributed by atoms with Gasteiger partial charge in [-0.3, -0.25) is 0 Å². The standard InChI is InChI=1S/C20H27N3O/c1-14-11-16(3)17(12-15(14)2)13-22-19-5-4-8-21-20(19)23-9-6-18(24)7-10-23/h4-5,8,11-12,18,22,24H,6-7,9-10,13H2,1-3H3. The zero-order valence-electron chi connectivity index (χ0n) is 14.8. The number of benzene rings is 1. The number of hydrogen-bond acceptors (Lipinski definition) is 4. The van der Waals surface area contributed by atoms with Crippen LogP contribution in [0.1, 0.15) is 35.1 Å². The van der Waals surface area contributed by atoms with Gasteiger partial charge in [0.25, 0.3) is 0 Å². The smallest absolute Gasteiger partial charge is 0.151 e. The Kier molecular flexibility index (Phi) is 5.05. The lowest BCUT2D eigenvalue weighted by atomic mass is 10.0. The predicted molar refractivity (Wildman–Crippen MR) is 99.7 cm³/mol. The van der Waals surface area contributed by atoms with Gasteiger partial charge < -0.3 is 15.3 Å². The first-order valence-electron chi connectivity index (χ1n) is 8.73. The molecule has 0 unspecified atom stereocenters. The molecule has 0 radical (unpaired) electrons. The van der Waals surface area contributed by atoms with Gasteiger partial charge in [-0.05, 0) is 68.0 Å². The van der Waals surface area contributed by atoms with Gasteiger partial charge in [-0.2, -0.15) is 0 Å². The first-order chi connectivity index (χ1) is 11.5. The quantitative estimate of drug-likeness (QED) is 0.902. The lowest BCUT2D eigenvalue weighted by Crippen LogP contribution is -2.36. The number of hydrogen-bond donors (Lipinski definition) is 2. The van der Waals surface area contributed by atoms with Crippen molar-refractivity contribution in [1.82, 2.24) is 4.98 Å². The summed E-state index contributed by atoms with van der Waals surface area (Å²) in [5.41, 5.74) is 6.37. The van der Waals surface area contributed by atoms with Crippen molar-refractivity contribution in [2.24, 2.45) is 0 Å². The third-order valence-electron chi connectivity index (χ3n) is 4.97. The van der Waals surface area contributed by atoms with E-state index in [-0.39, 0.29) is 6.10 Å². The molecule has 0 aliphatic carbocycles. The van der Waals surface area contributed by atoms with Crippen molar-refractivity contribution in [2.75, 3.05) is 23.3 Å². The topological polar surface area (TPSA) is 48.4 Å². The van der Waals surface area contributed by atoms with E-state index in [1.807, 2.05) is 12.3 Å². The molecular weight excluding hydrogens is 298 g/mol. The number of aromatic nitrogens is 1. The number of anilines is 2. The minimum atomic E-state index is -0.167. The molecule has 3 rings (SSSR count). The summed E-state index contributed by atoms with van der Waals surface area (Å²) in [6.07, 6.45) is 3.30. The number of rotatable bonds is 4. The average molecular weight is 325 g/mol. The first kappa shape index (κ1) is 16.8. The van der Waals surface area contributed by atoms with Gasteiger partial charge in [0.15, 0.2) is 5.82 Å². The van der Waals surface area contributed by atoms with E-state index in [0.29, 0.717) is 0 Å². The van der Waals surface area contributed by atoms with Crippen LogP contribution in [0.25, 0.3) is 0 Å². The zero-order chi connectivity index (χ0) is 17.1. The fourth-order valence-electron chi connectivity index (χ4n) is 3.27. The van der Waals surface area contributed by atoms with E-state index < -0.39 is 0 Å². The second-order valence-electron chi connectivity index (χ2n) is 6.81.